The van der Waals surface area contributed by atoms with Gasteiger partial charge in [0.2, 0.25) is 5.91 Å². The molecule has 3 aromatic rings. The molecule has 178 valence electrons. The lowest BCUT2D eigenvalue weighted by Crippen LogP contribution is -2.54. The van der Waals surface area contributed by atoms with Crippen molar-refractivity contribution in [1.29, 1.82) is 0 Å². The number of rotatable bonds is 4. The summed E-state index contributed by atoms with van der Waals surface area (Å²) in [7, 11) is 0. The number of barbiturate groups is 1. The Labute approximate surface area is 209 Å². The van der Waals surface area contributed by atoms with E-state index in [1.165, 1.54) is 6.08 Å². The second kappa shape index (κ2) is 9.47. The first-order valence-corrected chi connectivity index (χ1v) is 11.8. The lowest BCUT2D eigenvalue weighted by molar-refractivity contribution is -0.135. The molecule has 2 fully saturated rings. The summed E-state index contributed by atoms with van der Waals surface area (Å²) in [4.78, 5) is 53.9. The maximum Gasteiger partial charge on any atom is 0.335 e. The van der Waals surface area contributed by atoms with Gasteiger partial charge in [-0.3, -0.25) is 19.7 Å². The normalized spacial score (nSPS) is 17.9. The van der Waals surface area contributed by atoms with Gasteiger partial charge in [0.25, 0.3) is 11.8 Å². The van der Waals surface area contributed by atoms with Gasteiger partial charge in [0.05, 0.1) is 18.9 Å². The van der Waals surface area contributed by atoms with Crippen LogP contribution < -0.4 is 10.2 Å². The van der Waals surface area contributed by atoms with Crippen LogP contribution in [0.4, 0.5) is 10.5 Å². The smallest absolute Gasteiger partial charge is 0.335 e. The highest BCUT2D eigenvalue weighted by molar-refractivity contribution is 9.10. The molecular weight excluding hydrogens is 516 g/mol. The molecule has 35 heavy (non-hydrogen) atoms. The van der Waals surface area contributed by atoms with Crippen molar-refractivity contribution in [1.82, 2.24) is 14.8 Å². The number of fused-ring (bicyclic) bond motifs is 1. The van der Waals surface area contributed by atoms with E-state index in [0.717, 1.165) is 15.8 Å². The van der Waals surface area contributed by atoms with Gasteiger partial charge in [0.15, 0.2) is 0 Å². The average molecular weight is 537 g/mol. The molecule has 2 aromatic carbocycles. The number of para-hydroxylation sites is 1. The molecule has 1 N–H and O–H groups in total. The van der Waals surface area contributed by atoms with Crippen LogP contribution >= 0.6 is 15.9 Å². The number of anilines is 1. The third-order valence-corrected chi connectivity index (χ3v) is 6.45. The third-order valence-electron chi connectivity index (χ3n) is 5.96. The van der Waals surface area contributed by atoms with Crippen molar-refractivity contribution >= 4 is 62.3 Å². The number of hydrogen-bond acceptors (Lipinski definition) is 5. The van der Waals surface area contributed by atoms with Crippen LogP contribution in [-0.2, 0) is 25.7 Å². The van der Waals surface area contributed by atoms with Crippen LogP contribution in [0.1, 0.15) is 5.56 Å². The van der Waals surface area contributed by atoms with Crippen LogP contribution in [0.15, 0.2) is 64.8 Å². The minimum Gasteiger partial charge on any atom is -0.378 e. The van der Waals surface area contributed by atoms with E-state index in [9.17, 15) is 19.2 Å². The first-order valence-electron chi connectivity index (χ1n) is 11.0. The van der Waals surface area contributed by atoms with Crippen LogP contribution in [0.5, 0.6) is 0 Å². The van der Waals surface area contributed by atoms with E-state index in [2.05, 4.69) is 21.2 Å². The van der Waals surface area contributed by atoms with Crippen LogP contribution in [0.2, 0.25) is 0 Å². The summed E-state index contributed by atoms with van der Waals surface area (Å²) in [6.45, 7) is 2.23. The van der Waals surface area contributed by atoms with E-state index >= 15 is 0 Å². The van der Waals surface area contributed by atoms with Crippen molar-refractivity contribution in [3.63, 3.8) is 0 Å². The zero-order valence-electron chi connectivity index (χ0n) is 18.6. The summed E-state index contributed by atoms with van der Waals surface area (Å²) >= 11 is 3.34. The Bertz CT molecular complexity index is 1390. The maximum absolute atomic E-state index is 13.3. The van der Waals surface area contributed by atoms with Crippen LogP contribution in [0, 0.1) is 0 Å². The molecule has 0 radical (unpaired) electrons. The molecule has 0 atom stereocenters. The number of morpholine rings is 1. The number of carbonyl (C=O) groups is 4. The number of imide groups is 2. The molecule has 0 bridgehead atoms. The van der Waals surface area contributed by atoms with Crippen molar-refractivity contribution in [3.05, 3.63) is 70.3 Å². The minimum atomic E-state index is -0.811. The predicted molar refractivity (Wildman–Crippen MR) is 132 cm³/mol. The van der Waals surface area contributed by atoms with Gasteiger partial charge >= 0.3 is 6.03 Å². The third kappa shape index (κ3) is 4.50. The van der Waals surface area contributed by atoms with Crippen LogP contribution in [-0.4, -0.2) is 59.5 Å². The molecule has 0 spiro atoms. The van der Waals surface area contributed by atoms with Crippen molar-refractivity contribution in [2.75, 3.05) is 31.2 Å². The molecule has 2 aliphatic heterocycles. The SMILES string of the molecule is O=C1NC(=O)N(c2cccc(Br)c2)C(=O)C1=Cc1cn(CC(=O)N2CCOCC2)c2ccccc12. The minimum absolute atomic E-state index is 0.0360. The highest BCUT2D eigenvalue weighted by Gasteiger charge is 2.37. The molecule has 0 saturated carbocycles. The molecule has 2 aliphatic rings. The number of urea groups is 1. The Kier molecular flexibility index (Phi) is 6.23. The first kappa shape index (κ1) is 23.0. The molecule has 10 heteroatoms. The van der Waals surface area contributed by atoms with E-state index in [-0.39, 0.29) is 18.0 Å². The fourth-order valence-corrected chi connectivity index (χ4v) is 4.63. The fourth-order valence-electron chi connectivity index (χ4n) is 4.24. The van der Waals surface area contributed by atoms with Crippen LogP contribution in [0.25, 0.3) is 17.0 Å². The molecule has 0 aliphatic carbocycles. The van der Waals surface area contributed by atoms with E-state index in [0.29, 0.717) is 42.0 Å². The monoisotopic (exact) mass is 536 g/mol. The summed E-state index contributed by atoms with van der Waals surface area (Å²) < 4.78 is 7.82. The summed E-state index contributed by atoms with van der Waals surface area (Å²) in [5.41, 5.74) is 1.55. The zero-order valence-corrected chi connectivity index (χ0v) is 20.2. The first-order chi connectivity index (χ1) is 16.9. The van der Waals surface area contributed by atoms with Crippen molar-refractivity contribution in [3.8, 4) is 0 Å². The van der Waals surface area contributed by atoms with E-state index in [1.807, 2.05) is 28.8 Å². The van der Waals surface area contributed by atoms with E-state index in [4.69, 9.17) is 4.74 Å². The van der Waals surface area contributed by atoms with E-state index < -0.39 is 17.8 Å². The number of nitrogens with one attached hydrogen (secondary N) is 1. The molecule has 2 saturated heterocycles. The van der Waals surface area contributed by atoms with Gasteiger partial charge in [-0.1, -0.05) is 40.2 Å². The van der Waals surface area contributed by atoms with Crippen molar-refractivity contribution in [2.45, 2.75) is 6.54 Å². The second-order valence-electron chi connectivity index (χ2n) is 8.16. The number of ether oxygens (including phenoxy) is 1. The van der Waals surface area contributed by atoms with Gasteiger partial charge in [-0.25, -0.2) is 9.69 Å². The Hall–Kier alpha value is -3.76. The van der Waals surface area contributed by atoms with Gasteiger partial charge in [-0.15, -0.1) is 0 Å². The summed E-state index contributed by atoms with van der Waals surface area (Å²) in [6, 6.07) is 13.3. The Morgan fingerprint density at radius 1 is 1.06 bits per heavy atom. The topological polar surface area (TPSA) is 101 Å². The molecular formula is C25H21BrN4O5. The molecule has 5 amide bonds. The lowest BCUT2D eigenvalue weighted by atomic mass is 10.1. The molecule has 3 heterocycles. The quantitative estimate of drug-likeness (QED) is 0.408. The number of amides is 5. The Morgan fingerprint density at radius 2 is 1.83 bits per heavy atom. The summed E-state index contributed by atoms with van der Waals surface area (Å²) in [5, 5.41) is 3.02. The van der Waals surface area contributed by atoms with Crippen LogP contribution in [0.3, 0.4) is 0 Å². The van der Waals surface area contributed by atoms with Crippen molar-refractivity contribution in [2.24, 2.45) is 0 Å². The largest absolute Gasteiger partial charge is 0.378 e. The molecule has 5 rings (SSSR count). The predicted octanol–water partition coefficient (Wildman–Crippen LogP) is 2.93. The fraction of sp³-hybridized carbons (Fsp3) is 0.200. The van der Waals surface area contributed by atoms with E-state index in [1.54, 1.807) is 35.4 Å². The highest BCUT2D eigenvalue weighted by Crippen LogP contribution is 2.28. The molecule has 1 aromatic heterocycles. The Morgan fingerprint density at radius 3 is 2.60 bits per heavy atom. The average Bonchev–Trinajstić information content (AvgIpc) is 3.19. The summed E-state index contributed by atoms with van der Waals surface area (Å²) in [6.07, 6.45) is 3.21. The van der Waals surface area contributed by atoms with Crippen molar-refractivity contribution < 1.29 is 23.9 Å². The number of halogens is 1. The van der Waals surface area contributed by atoms with Gasteiger partial charge < -0.3 is 14.2 Å². The number of benzene rings is 2. The number of nitrogens with zero attached hydrogens (tertiary/aromatic N) is 3. The van der Waals surface area contributed by atoms with Gasteiger partial charge in [0, 0.05) is 40.2 Å². The molecule has 9 nitrogen and oxygen atoms in total. The number of aromatic nitrogens is 1. The standard InChI is InChI=1S/C25H21BrN4O5/c26-17-4-3-5-18(13-17)30-24(33)20(23(32)27-25(30)34)12-16-14-29(21-7-2-1-6-19(16)21)15-22(31)28-8-10-35-11-9-28/h1-7,12-14H,8-11,15H2,(H,27,32,34). The van der Waals surface area contributed by atoms with Gasteiger partial charge in [-0.2, -0.15) is 0 Å². The Balaban J connectivity index is 1.51. The maximum atomic E-state index is 13.3. The van der Waals surface area contributed by atoms with Gasteiger partial charge in [0.1, 0.15) is 12.1 Å². The van der Waals surface area contributed by atoms with Gasteiger partial charge in [-0.05, 0) is 30.3 Å². The highest BCUT2D eigenvalue weighted by atomic mass is 79.9. The number of hydrogen-bond donors (Lipinski definition) is 1. The summed E-state index contributed by atoms with van der Waals surface area (Å²) in [5.74, 6) is -1.53. The molecule has 0 unspecified atom stereocenters. The zero-order chi connectivity index (χ0) is 24.5. The second-order valence-corrected chi connectivity index (χ2v) is 9.08. The number of carbonyl (C=O) groups excluding carboxylic acids is 4. The lowest BCUT2D eigenvalue weighted by Gasteiger charge is -2.27.